The van der Waals surface area contributed by atoms with E-state index in [9.17, 15) is 0 Å². The van der Waals surface area contributed by atoms with Crippen LogP contribution >= 0.6 is 0 Å². The SMILES string of the molecule is CNc1ccc(C2CCNC2)cc1. The van der Waals surface area contributed by atoms with E-state index in [1.54, 1.807) is 0 Å². The fraction of sp³-hybridized carbons (Fsp3) is 0.455. The van der Waals surface area contributed by atoms with Gasteiger partial charge < -0.3 is 10.6 Å². The lowest BCUT2D eigenvalue weighted by Gasteiger charge is -2.09. The Morgan fingerprint density at radius 1 is 1.31 bits per heavy atom. The minimum absolute atomic E-state index is 0.728. The van der Waals surface area contributed by atoms with Crippen LogP contribution in [0.1, 0.15) is 17.9 Å². The van der Waals surface area contributed by atoms with Gasteiger partial charge in [0.2, 0.25) is 0 Å². The molecule has 1 heterocycles. The number of rotatable bonds is 2. The van der Waals surface area contributed by atoms with Crippen molar-refractivity contribution in [3.8, 4) is 0 Å². The maximum Gasteiger partial charge on any atom is 0.0337 e. The van der Waals surface area contributed by atoms with E-state index in [-0.39, 0.29) is 0 Å². The molecule has 1 fully saturated rings. The molecule has 2 rings (SSSR count). The summed E-state index contributed by atoms with van der Waals surface area (Å²) in [5.74, 6) is 0.728. The molecule has 1 aromatic carbocycles. The molecule has 2 nitrogen and oxygen atoms in total. The standard InChI is InChI=1S/C11H16N2/c1-12-11-4-2-9(3-5-11)10-6-7-13-8-10/h2-5,10,12-13H,6-8H2,1H3. The molecule has 0 spiro atoms. The molecule has 1 aromatic rings. The second kappa shape index (κ2) is 3.79. The third-order valence-electron chi connectivity index (χ3n) is 2.73. The zero-order chi connectivity index (χ0) is 9.10. The number of hydrogen-bond donors (Lipinski definition) is 2. The molecule has 0 saturated carbocycles. The molecular formula is C11H16N2. The Labute approximate surface area is 79.4 Å². The molecule has 2 N–H and O–H groups in total. The van der Waals surface area contributed by atoms with Crippen molar-refractivity contribution in [2.24, 2.45) is 0 Å². The van der Waals surface area contributed by atoms with Crippen LogP contribution in [0.3, 0.4) is 0 Å². The molecule has 1 aliphatic heterocycles. The van der Waals surface area contributed by atoms with E-state index in [0.29, 0.717) is 0 Å². The predicted molar refractivity (Wildman–Crippen MR) is 56.2 cm³/mol. The van der Waals surface area contributed by atoms with E-state index in [1.807, 2.05) is 7.05 Å². The molecule has 1 aliphatic rings. The lowest BCUT2D eigenvalue weighted by atomic mass is 9.98. The number of hydrogen-bond acceptors (Lipinski definition) is 2. The van der Waals surface area contributed by atoms with Gasteiger partial charge in [-0.25, -0.2) is 0 Å². The number of benzene rings is 1. The van der Waals surface area contributed by atoms with Crippen LogP contribution in [0.25, 0.3) is 0 Å². The van der Waals surface area contributed by atoms with Gasteiger partial charge in [0.25, 0.3) is 0 Å². The smallest absolute Gasteiger partial charge is 0.0337 e. The zero-order valence-corrected chi connectivity index (χ0v) is 8.01. The van der Waals surface area contributed by atoms with Crippen molar-refractivity contribution in [3.63, 3.8) is 0 Å². The molecular weight excluding hydrogens is 160 g/mol. The van der Waals surface area contributed by atoms with E-state index in [4.69, 9.17) is 0 Å². The largest absolute Gasteiger partial charge is 0.388 e. The Balaban J connectivity index is 2.12. The maximum atomic E-state index is 3.38. The summed E-state index contributed by atoms with van der Waals surface area (Å²) in [5.41, 5.74) is 2.65. The van der Waals surface area contributed by atoms with Crippen LogP contribution in [-0.2, 0) is 0 Å². The summed E-state index contributed by atoms with van der Waals surface area (Å²) < 4.78 is 0. The molecule has 13 heavy (non-hydrogen) atoms. The van der Waals surface area contributed by atoms with Crippen LogP contribution in [-0.4, -0.2) is 20.1 Å². The summed E-state index contributed by atoms with van der Waals surface area (Å²) >= 11 is 0. The monoisotopic (exact) mass is 176 g/mol. The normalized spacial score (nSPS) is 21.8. The van der Waals surface area contributed by atoms with Gasteiger partial charge >= 0.3 is 0 Å². The van der Waals surface area contributed by atoms with Gasteiger partial charge in [0.15, 0.2) is 0 Å². The predicted octanol–water partition coefficient (Wildman–Crippen LogP) is 1.81. The quantitative estimate of drug-likeness (QED) is 0.718. The van der Waals surface area contributed by atoms with Gasteiger partial charge in [-0.2, -0.15) is 0 Å². The minimum Gasteiger partial charge on any atom is -0.388 e. The summed E-state index contributed by atoms with van der Waals surface area (Å²) in [4.78, 5) is 0. The first-order chi connectivity index (χ1) is 6.40. The molecule has 1 atom stereocenters. The van der Waals surface area contributed by atoms with E-state index in [1.165, 1.54) is 24.2 Å². The van der Waals surface area contributed by atoms with Crippen LogP contribution in [0.5, 0.6) is 0 Å². The van der Waals surface area contributed by atoms with Crippen molar-refractivity contribution in [1.82, 2.24) is 5.32 Å². The number of nitrogens with one attached hydrogen (secondary N) is 2. The van der Waals surface area contributed by atoms with Gasteiger partial charge in [0.05, 0.1) is 0 Å². The van der Waals surface area contributed by atoms with Crippen molar-refractivity contribution < 1.29 is 0 Å². The van der Waals surface area contributed by atoms with Crippen molar-refractivity contribution in [2.75, 3.05) is 25.5 Å². The van der Waals surface area contributed by atoms with Crippen molar-refractivity contribution in [2.45, 2.75) is 12.3 Å². The summed E-state index contributed by atoms with van der Waals surface area (Å²) in [5, 5.41) is 6.51. The van der Waals surface area contributed by atoms with Gasteiger partial charge in [0.1, 0.15) is 0 Å². The first-order valence-electron chi connectivity index (χ1n) is 4.88. The highest BCUT2D eigenvalue weighted by atomic mass is 14.9. The van der Waals surface area contributed by atoms with Crippen LogP contribution in [0, 0.1) is 0 Å². The Bertz CT molecular complexity index is 260. The highest BCUT2D eigenvalue weighted by Gasteiger charge is 2.15. The molecule has 1 unspecified atom stereocenters. The summed E-state index contributed by atoms with van der Waals surface area (Å²) in [6.45, 7) is 2.30. The summed E-state index contributed by atoms with van der Waals surface area (Å²) in [6.07, 6.45) is 1.28. The highest BCUT2D eigenvalue weighted by molar-refractivity contribution is 5.44. The molecule has 0 radical (unpaired) electrons. The minimum atomic E-state index is 0.728. The van der Waals surface area contributed by atoms with E-state index in [0.717, 1.165) is 12.5 Å². The van der Waals surface area contributed by atoms with Crippen LogP contribution in [0.4, 0.5) is 5.69 Å². The molecule has 0 bridgehead atoms. The topological polar surface area (TPSA) is 24.1 Å². The maximum absolute atomic E-state index is 3.38. The van der Waals surface area contributed by atoms with Crippen LogP contribution in [0.2, 0.25) is 0 Å². The lowest BCUT2D eigenvalue weighted by Crippen LogP contribution is -2.07. The van der Waals surface area contributed by atoms with Crippen molar-refractivity contribution >= 4 is 5.69 Å². The van der Waals surface area contributed by atoms with Crippen LogP contribution in [0.15, 0.2) is 24.3 Å². The van der Waals surface area contributed by atoms with Gasteiger partial charge in [0, 0.05) is 19.3 Å². The first-order valence-corrected chi connectivity index (χ1v) is 4.88. The average molecular weight is 176 g/mol. The van der Waals surface area contributed by atoms with E-state index >= 15 is 0 Å². The van der Waals surface area contributed by atoms with Crippen molar-refractivity contribution in [1.29, 1.82) is 0 Å². The Morgan fingerprint density at radius 3 is 2.62 bits per heavy atom. The first kappa shape index (κ1) is 8.57. The Kier molecular flexibility index (Phi) is 2.50. The van der Waals surface area contributed by atoms with Gasteiger partial charge in [-0.05, 0) is 36.6 Å². The summed E-state index contributed by atoms with van der Waals surface area (Å²) in [7, 11) is 1.95. The van der Waals surface area contributed by atoms with E-state index in [2.05, 4.69) is 34.9 Å². The fourth-order valence-electron chi connectivity index (χ4n) is 1.86. The molecule has 1 saturated heterocycles. The van der Waals surface area contributed by atoms with Crippen molar-refractivity contribution in [3.05, 3.63) is 29.8 Å². The average Bonchev–Trinajstić information content (AvgIpc) is 2.71. The Hall–Kier alpha value is -1.02. The molecule has 0 aromatic heterocycles. The third kappa shape index (κ3) is 1.83. The number of anilines is 1. The zero-order valence-electron chi connectivity index (χ0n) is 8.01. The van der Waals surface area contributed by atoms with Gasteiger partial charge in [-0.15, -0.1) is 0 Å². The second-order valence-corrected chi connectivity index (χ2v) is 3.56. The molecule has 0 amide bonds. The third-order valence-corrected chi connectivity index (χ3v) is 2.73. The molecule has 70 valence electrons. The molecule has 0 aliphatic carbocycles. The van der Waals surface area contributed by atoms with Gasteiger partial charge in [-0.1, -0.05) is 12.1 Å². The Morgan fingerprint density at radius 2 is 2.08 bits per heavy atom. The van der Waals surface area contributed by atoms with Crippen LogP contribution < -0.4 is 10.6 Å². The summed E-state index contributed by atoms with van der Waals surface area (Å²) in [6, 6.07) is 8.74. The second-order valence-electron chi connectivity index (χ2n) is 3.56. The van der Waals surface area contributed by atoms with Gasteiger partial charge in [-0.3, -0.25) is 0 Å². The molecule has 2 heteroatoms. The van der Waals surface area contributed by atoms with E-state index < -0.39 is 0 Å². The lowest BCUT2D eigenvalue weighted by molar-refractivity contribution is 0.763. The highest BCUT2D eigenvalue weighted by Crippen LogP contribution is 2.23. The fourth-order valence-corrected chi connectivity index (χ4v) is 1.86.